The standard InChI is InChI=1S/C20H19NO5/c1-13(19(22)16-6-10-17(24-3)11-7-16)26-20(23)14(2)25-18-8-4-15(12-21)5-9-18/h4-11,13-14H,1-3H3/t13-,14-/m1/s1. The number of nitriles is 1. The third kappa shape index (κ3) is 4.84. The van der Waals surface area contributed by atoms with Gasteiger partial charge < -0.3 is 14.2 Å². The fraction of sp³-hybridized carbons (Fsp3) is 0.250. The fourth-order valence-corrected chi connectivity index (χ4v) is 2.17. The van der Waals surface area contributed by atoms with E-state index in [4.69, 9.17) is 19.5 Å². The molecule has 134 valence electrons. The maximum atomic E-state index is 12.3. The molecule has 0 aliphatic rings. The van der Waals surface area contributed by atoms with Crippen molar-refractivity contribution in [3.8, 4) is 17.6 Å². The summed E-state index contributed by atoms with van der Waals surface area (Å²) in [6.45, 7) is 3.05. The smallest absolute Gasteiger partial charge is 0.347 e. The molecule has 2 rings (SSSR count). The van der Waals surface area contributed by atoms with Crippen molar-refractivity contribution in [2.75, 3.05) is 7.11 Å². The van der Waals surface area contributed by atoms with Crippen LogP contribution in [0.15, 0.2) is 48.5 Å². The lowest BCUT2D eigenvalue weighted by molar-refractivity contribution is -0.153. The Balaban J connectivity index is 1.93. The molecular formula is C20H19NO5. The zero-order chi connectivity index (χ0) is 19.1. The maximum absolute atomic E-state index is 12.3. The summed E-state index contributed by atoms with van der Waals surface area (Å²) in [6, 6.07) is 14.9. The lowest BCUT2D eigenvalue weighted by Crippen LogP contribution is -2.32. The Morgan fingerprint density at radius 1 is 0.923 bits per heavy atom. The van der Waals surface area contributed by atoms with E-state index in [1.165, 1.54) is 21.0 Å². The molecule has 6 nitrogen and oxygen atoms in total. The van der Waals surface area contributed by atoms with Gasteiger partial charge in [0, 0.05) is 5.56 Å². The van der Waals surface area contributed by atoms with Gasteiger partial charge in [0.25, 0.3) is 0 Å². The van der Waals surface area contributed by atoms with Crippen molar-refractivity contribution in [2.24, 2.45) is 0 Å². The summed E-state index contributed by atoms with van der Waals surface area (Å²) in [6.07, 6.45) is -1.84. The van der Waals surface area contributed by atoms with E-state index in [9.17, 15) is 9.59 Å². The van der Waals surface area contributed by atoms with Crippen molar-refractivity contribution in [1.29, 1.82) is 5.26 Å². The first kappa shape index (κ1) is 19.0. The number of ketones is 1. The number of methoxy groups -OCH3 is 1. The van der Waals surface area contributed by atoms with Gasteiger partial charge in [-0.15, -0.1) is 0 Å². The maximum Gasteiger partial charge on any atom is 0.347 e. The van der Waals surface area contributed by atoms with Crippen molar-refractivity contribution in [2.45, 2.75) is 26.1 Å². The first-order valence-electron chi connectivity index (χ1n) is 8.00. The third-order valence-electron chi connectivity index (χ3n) is 3.66. The van der Waals surface area contributed by atoms with Crippen LogP contribution in [0.2, 0.25) is 0 Å². The van der Waals surface area contributed by atoms with Gasteiger partial charge in [-0.05, 0) is 62.4 Å². The van der Waals surface area contributed by atoms with E-state index < -0.39 is 18.2 Å². The number of rotatable bonds is 7. The van der Waals surface area contributed by atoms with Gasteiger partial charge in [-0.25, -0.2) is 4.79 Å². The Morgan fingerprint density at radius 2 is 1.50 bits per heavy atom. The highest BCUT2D eigenvalue weighted by atomic mass is 16.6. The molecule has 0 spiro atoms. The van der Waals surface area contributed by atoms with E-state index in [2.05, 4.69) is 0 Å². The van der Waals surface area contributed by atoms with Gasteiger partial charge in [0.15, 0.2) is 12.2 Å². The monoisotopic (exact) mass is 353 g/mol. The molecule has 0 bridgehead atoms. The van der Waals surface area contributed by atoms with Crippen LogP contribution in [0.3, 0.4) is 0 Å². The Kier molecular flexibility index (Phi) is 6.34. The lowest BCUT2D eigenvalue weighted by Gasteiger charge is -2.17. The van der Waals surface area contributed by atoms with Crippen molar-refractivity contribution in [3.63, 3.8) is 0 Å². The van der Waals surface area contributed by atoms with E-state index in [-0.39, 0.29) is 5.78 Å². The largest absolute Gasteiger partial charge is 0.497 e. The van der Waals surface area contributed by atoms with Crippen LogP contribution in [0.5, 0.6) is 11.5 Å². The summed E-state index contributed by atoms with van der Waals surface area (Å²) in [5, 5.41) is 8.77. The molecular weight excluding hydrogens is 334 g/mol. The molecule has 6 heteroatoms. The number of Topliss-reactive ketones (excluding diaryl/α,β-unsaturated/α-hetero) is 1. The molecule has 0 N–H and O–H groups in total. The van der Waals surface area contributed by atoms with Crippen LogP contribution in [0.25, 0.3) is 0 Å². The summed E-state index contributed by atoms with van der Waals surface area (Å²) in [7, 11) is 1.54. The molecule has 0 unspecified atom stereocenters. The summed E-state index contributed by atoms with van der Waals surface area (Å²) in [5.41, 5.74) is 0.915. The van der Waals surface area contributed by atoms with Gasteiger partial charge in [-0.2, -0.15) is 5.26 Å². The number of ether oxygens (including phenoxy) is 3. The number of benzene rings is 2. The van der Waals surface area contributed by atoms with Crippen LogP contribution >= 0.6 is 0 Å². The van der Waals surface area contributed by atoms with E-state index in [1.807, 2.05) is 6.07 Å². The number of carbonyl (C=O) groups excluding carboxylic acids is 2. The minimum atomic E-state index is -0.942. The summed E-state index contributed by atoms with van der Waals surface area (Å²) in [5.74, 6) is 0.105. The van der Waals surface area contributed by atoms with Gasteiger partial charge in [-0.3, -0.25) is 4.79 Å². The van der Waals surface area contributed by atoms with Crippen molar-refractivity contribution >= 4 is 11.8 Å². The van der Waals surface area contributed by atoms with Gasteiger partial charge >= 0.3 is 5.97 Å². The molecule has 0 aromatic heterocycles. The molecule has 0 amide bonds. The first-order chi connectivity index (χ1) is 12.4. The minimum absolute atomic E-state index is 0.313. The average Bonchev–Trinajstić information content (AvgIpc) is 2.67. The molecule has 0 saturated carbocycles. The predicted octanol–water partition coefficient (Wildman–Crippen LogP) is 3.15. The summed E-state index contributed by atoms with van der Waals surface area (Å²) < 4.78 is 15.7. The molecule has 2 atom stereocenters. The number of nitrogens with zero attached hydrogens (tertiary/aromatic N) is 1. The average molecular weight is 353 g/mol. The quantitative estimate of drug-likeness (QED) is 0.561. The van der Waals surface area contributed by atoms with Crippen LogP contribution in [0, 0.1) is 11.3 Å². The second-order valence-electron chi connectivity index (χ2n) is 5.57. The molecule has 0 aliphatic heterocycles. The molecule has 0 radical (unpaired) electrons. The van der Waals surface area contributed by atoms with E-state index in [0.717, 1.165) is 0 Å². The Hall–Kier alpha value is -3.33. The van der Waals surface area contributed by atoms with E-state index >= 15 is 0 Å². The van der Waals surface area contributed by atoms with Crippen LogP contribution in [0.1, 0.15) is 29.8 Å². The highest BCUT2D eigenvalue weighted by Crippen LogP contribution is 2.16. The number of hydrogen-bond acceptors (Lipinski definition) is 6. The van der Waals surface area contributed by atoms with Gasteiger partial charge in [0.2, 0.25) is 5.78 Å². The normalized spacial score (nSPS) is 12.4. The van der Waals surface area contributed by atoms with Crippen molar-refractivity contribution in [1.82, 2.24) is 0 Å². The fourth-order valence-electron chi connectivity index (χ4n) is 2.17. The Bertz CT molecular complexity index is 806. The molecule has 0 saturated heterocycles. The van der Waals surface area contributed by atoms with Crippen LogP contribution in [-0.2, 0) is 9.53 Å². The SMILES string of the molecule is COc1ccc(C(=O)[C@@H](C)OC(=O)[C@@H](C)Oc2ccc(C#N)cc2)cc1. The first-order valence-corrected chi connectivity index (χ1v) is 8.00. The van der Waals surface area contributed by atoms with Crippen LogP contribution in [0.4, 0.5) is 0 Å². The number of carbonyl (C=O) groups is 2. The summed E-state index contributed by atoms with van der Waals surface area (Å²) in [4.78, 5) is 24.5. The van der Waals surface area contributed by atoms with Crippen LogP contribution < -0.4 is 9.47 Å². The number of esters is 1. The highest BCUT2D eigenvalue weighted by Gasteiger charge is 2.24. The van der Waals surface area contributed by atoms with Gasteiger partial charge in [0.05, 0.1) is 18.7 Å². The molecule has 0 heterocycles. The van der Waals surface area contributed by atoms with Crippen molar-refractivity contribution < 1.29 is 23.8 Å². The zero-order valence-electron chi connectivity index (χ0n) is 14.8. The summed E-state index contributed by atoms with van der Waals surface area (Å²) >= 11 is 0. The van der Waals surface area contributed by atoms with Gasteiger partial charge in [-0.1, -0.05) is 0 Å². The molecule has 2 aromatic rings. The molecule has 2 aromatic carbocycles. The number of hydrogen-bond donors (Lipinski definition) is 0. The third-order valence-corrected chi connectivity index (χ3v) is 3.66. The predicted molar refractivity (Wildman–Crippen MR) is 94.1 cm³/mol. The van der Waals surface area contributed by atoms with Crippen LogP contribution in [-0.4, -0.2) is 31.1 Å². The second kappa shape index (κ2) is 8.67. The minimum Gasteiger partial charge on any atom is -0.497 e. The van der Waals surface area contributed by atoms with Gasteiger partial charge in [0.1, 0.15) is 11.5 Å². The molecule has 0 aliphatic carbocycles. The van der Waals surface area contributed by atoms with E-state index in [1.54, 1.807) is 48.5 Å². The molecule has 26 heavy (non-hydrogen) atoms. The van der Waals surface area contributed by atoms with Crippen molar-refractivity contribution in [3.05, 3.63) is 59.7 Å². The zero-order valence-corrected chi connectivity index (χ0v) is 14.8. The second-order valence-corrected chi connectivity index (χ2v) is 5.57. The van der Waals surface area contributed by atoms with E-state index in [0.29, 0.717) is 22.6 Å². The topological polar surface area (TPSA) is 85.6 Å². The highest BCUT2D eigenvalue weighted by molar-refractivity contribution is 6.00. The lowest BCUT2D eigenvalue weighted by atomic mass is 10.1. The Labute approximate surface area is 151 Å². The Morgan fingerprint density at radius 3 is 2.04 bits per heavy atom. The molecule has 0 fully saturated rings.